The van der Waals surface area contributed by atoms with Crippen LogP contribution in [-0.2, 0) is 13.1 Å². The van der Waals surface area contributed by atoms with Gasteiger partial charge >= 0.3 is 0 Å². The summed E-state index contributed by atoms with van der Waals surface area (Å²) in [4.78, 5) is 2.41. The van der Waals surface area contributed by atoms with Gasteiger partial charge in [-0.1, -0.05) is 12.1 Å². The molecule has 3 unspecified atom stereocenters. The fourth-order valence-electron chi connectivity index (χ4n) is 4.03. The molecule has 0 radical (unpaired) electrons. The number of nitrogens with zero attached hydrogens (tertiary/aromatic N) is 3. The number of nitrogens with one attached hydrogen (secondary N) is 2. The molecule has 2 aliphatic heterocycles. The van der Waals surface area contributed by atoms with Gasteiger partial charge in [-0.05, 0) is 30.2 Å². The van der Waals surface area contributed by atoms with Crippen molar-refractivity contribution in [2.45, 2.75) is 31.7 Å². The molecule has 0 saturated carbocycles. The molecule has 4 N–H and O–H groups in total. The zero-order valence-electron chi connectivity index (χ0n) is 15.2. The Balaban J connectivity index is 1.45. The number of fused-ring (bicyclic) bond motifs is 1. The number of hydrogen-bond acceptors (Lipinski definition) is 6. The summed E-state index contributed by atoms with van der Waals surface area (Å²) < 4.78 is 15.2. The first-order chi connectivity index (χ1) is 13.1. The summed E-state index contributed by atoms with van der Waals surface area (Å²) in [6.07, 6.45) is 0.0574. The predicted molar refractivity (Wildman–Crippen MR) is 97.9 cm³/mol. The van der Waals surface area contributed by atoms with Crippen molar-refractivity contribution in [3.05, 3.63) is 53.1 Å². The van der Waals surface area contributed by atoms with Gasteiger partial charge in [0.15, 0.2) is 0 Å². The third-order valence-corrected chi connectivity index (χ3v) is 5.44. The Labute approximate surface area is 157 Å². The van der Waals surface area contributed by atoms with E-state index in [1.54, 1.807) is 0 Å². The van der Waals surface area contributed by atoms with Gasteiger partial charge in [-0.25, -0.2) is 9.82 Å². The quantitative estimate of drug-likeness (QED) is 0.616. The molecule has 1 saturated heterocycles. The fourth-order valence-corrected chi connectivity index (χ4v) is 4.03. The van der Waals surface area contributed by atoms with Crippen molar-refractivity contribution in [3.63, 3.8) is 0 Å². The second kappa shape index (κ2) is 8.04. The number of hydrazine groups is 1. The largest absolute Gasteiger partial charge is 0.393 e. The Morgan fingerprint density at radius 2 is 2.07 bits per heavy atom. The standard InChI is InChI=1S/C19H26FN5O2/c20-15-4-2-13(3-5-15)19-14(9-21-22-19)10-24-6-1-7-25-16(11-24)8-17(23-25)18(27)12-26/h2-5,8,14,18-19,21-22,26-27H,1,6-7,9-12H2. The lowest BCUT2D eigenvalue weighted by Gasteiger charge is -2.26. The van der Waals surface area contributed by atoms with Gasteiger partial charge in [0.1, 0.15) is 11.9 Å². The highest BCUT2D eigenvalue weighted by Crippen LogP contribution is 2.27. The van der Waals surface area contributed by atoms with Crippen molar-refractivity contribution >= 4 is 0 Å². The maximum Gasteiger partial charge on any atom is 0.123 e. The van der Waals surface area contributed by atoms with Crippen molar-refractivity contribution in [2.24, 2.45) is 5.92 Å². The molecule has 146 valence electrons. The minimum absolute atomic E-state index is 0.144. The lowest BCUT2D eigenvalue weighted by molar-refractivity contribution is 0.0916. The van der Waals surface area contributed by atoms with E-state index >= 15 is 0 Å². The van der Waals surface area contributed by atoms with E-state index in [1.807, 2.05) is 22.9 Å². The van der Waals surface area contributed by atoms with E-state index in [0.29, 0.717) is 11.6 Å². The Hall–Kier alpha value is -1.84. The number of rotatable bonds is 5. The fraction of sp³-hybridized carbons (Fsp3) is 0.526. The van der Waals surface area contributed by atoms with Crippen LogP contribution in [0.25, 0.3) is 0 Å². The molecule has 1 aromatic heterocycles. The van der Waals surface area contributed by atoms with Crippen LogP contribution in [-0.4, -0.2) is 51.1 Å². The number of aryl methyl sites for hydroxylation is 1. The van der Waals surface area contributed by atoms with Crippen LogP contribution in [0.2, 0.25) is 0 Å². The van der Waals surface area contributed by atoms with Gasteiger partial charge < -0.3 is 10.2 Å². The number of hydrogen-bond donors (Lipinski definition) is 4. The third-order valence-electron chi connectivity index (χ3n) is 5.44. The van der Waals surface area contributed by atoms with Crippen LogP contribution >= 0.6 is 0 Å². The highest BCUT2D eigenvalue weighted by Gasteiger charge is 2.30. The van der Waals surface area contributed by atoms with Crippen molar-refractivity contribution in [2.75, 3.05) is 26.2 Å². The van der Waals surface area contributed by atoms with Crippen LogP contribution in [0.3, 0.4) is 0 Å². The first-order valence-electron chi connectivity index (χ1n) is 9.46. The first kappa shape index (κ1) is 18.5. The summed E-state index contributed by atoms with van der Waals surface area (Å²) in [7, 11) is 0. The number of aliphatic hydroxyl groups excluding tert-OH is 2. The average Bonchev–Trinajstić information content (AvgIpc) is 3.25. The molecule has 1 aromatic carbocycles. The van der Waals surface area contributed by atoms with E-state index in [2.05, 4.69) is 20.9 Å². The van der Waals surface area contributed by atoms with Crippen LogP contribution < -0.4 is 10.9 Å². The molecule has 0 spiro atoms. The normalized spacial score (nSPS) is 24.6. The smallest absolute Gasteiger partial charge is 0.123 e. The molecule has 0 bridgehead atoms. The maximum atomic E-state index is 13.2. The summed E-state index contributed by atoms with van der Waals surface area (Å²) in [6, 6.07) is 8.73. The van der Waals surface area contributed by atoms with Gasteiger partial charge in [0.05, 0.1) is 24.0 Å². The van der Waals surface area contributed by atoms with E-state index in [9.17, 15) is 9.50 Å². The lowest BCUT2D eigenvalue weighted by atomic mass is 9.94. The molecule has 0 aliphatic carbocycles. The molecule has 2 aliphatic rings. The van der Waals surface area contributed by atoms with Gasteiger partial charge in [0.2, 0.25) is 0 Å². The highest BCUT2D eigenvalue weighted by molar-refractivity contribution is 5.22. The van der Waals surface area contributed by atoms with Crippen LogP contribution in [0.5, 0.6) is 0 Å². The zero-order valence-corrected chi connectivity index (χ0v) is 15.2. The summed E-state index contributed by atoms with van der Waals surface area (Å²) in [5, 5.41) is 23.4. The van der Waals surface area contributed by atoms with Gasteiger partial charge in [0, 0.05) is 38.6 Å². The molecule has 27 heavy (non-hydrogen) atoms. The Kier molecular flexibility index (Phi) is 5.51. The van der Waals surface area contributed by atoms with E-state index in [1.165, 1.54) is 12.1 Å². The van der Waals surface area contributed by atoms with Crippen molar-refractivity contribution < 1.29 is 14.6 Å². The highest BCUT2D eigenvalue weighted by atomic mass is 19.1. The lowest BCUT2D eigenvalue weighted by Crippen LogP contribution is -2.33. The van der Waals surface area contributed by atoms with Crippen LogP contribution in [0.4, 0.5) is 4.39 Å². The SMILES string of the molecule is OCC(O)c1cc2n(n1)CCCN(CC1CNNC1c1ccc(F)cc1)C2. The van der Waals surface area contributed by atoms with E-state index in [0.717, 1.165) is 50.4 Å². The minimum Gasteiger partial charge on any atom is -0.393 e. The minimum atomic E-state index is -0.927. The topological polar surface area (TPSA) is 85.6 Å². The van der Waals surface area contributed by atoms with E-state index in [4.69, 9.17) is 5.11 Å². The predicted octanol–water partition coefficient (Wildman–Crippen LogP) is 0.719. The van der Waals surface area contributed by atoms with Gasteiger partial charge in [0.25, 0.3) is 0 Å². The molecular formula is C19H26FN5O2. The molecule has 4 rings (SSSR count). The zero-order chi connectivity index (χ0) is 18.8. The number of aliphatic hydroxyl groups is 2. The van der Waals surface area contributed by atoms with E-state index in [-0.39, 0.29) is 18.5 Å². The molecule has 8 heteroatoms. The van der Waals surface area contributed by atoms with E-state index < -0.39 is 6.10 Å². The summed E-state index contributed by atoms with van der Waals surface area (Å²) in [6.45, 7) is 3.99. The molecule has 2 aromatic rings. The molecule has 3 heterocycles. The monoisotopic (exact) mass is 375 g/mol. The molecular weight excluding hydrogens is 349 g/mol. The Morgan fingerprint density at radius 1 is 1.26 bits per heavy atom. The molecule has 7 nitrogen and oxygen atoms in total. The number of aromatic nitrogens is 2. The number of benzene rings is 1. The Bertz CT molecular complexity index is 766. The van der Waals surface area contributed by atoms with Crippen LogP contribution in [0.15, 0.2) is 30.3 Å². The second-order valence-electron chi connectivity index (χ2n) is 7.39. The second-order valence-corrected chi connectivity index (χ2v) is 7.39. The average molecular weight is 375 g/mol. The molecule has 3 atom stereocenters. The van der Waals surface area contributed by atoms with Crippen molar-refractivity contribution in [1.82, 2.24) is 25.5 Å². The van der Waals surface area contributed by atoms with Gasteiger partial charge in [-0.2, -0.15) is 5.10 Å². The van der Waals surface area contributed by atoms with Crippen molar-refractivity contribution in [1.29, 1.82) is 0 Å². The Morgan fingerprint density at radius 3 is 2.85 bits per heavy atom. The van der Waals surface area contributed by atoms with Crippen LogP contribution in [0, 0.1) is 11.7 Å². The summed E-state index contributed by atoms with van der Waals surface area (Å²) >= 11 is 0. The molecule has 1 fully saturated rings. The maximum absolute atomic E-state index is 13.2. The molecule has 0 amide bonds. The van der Waals surface area contributed by atoms with Crippen LogP contribution in [0.1, 0.15) is 35.5 Å². The van der Waals surface area contributed by atoms with Gasteiger partial charge in [-0.15, -0.1) is 0 Å². The summed E-state index contributed by atoms with van der Waals surface area (Å²) in [5.41, 5.74) is 9.23. The van der Waals surface area contributed by atoms with Crippen molar-refractivity contribution in [3.8, 4) is 0 Å². The third kappa shape index (κ3) is 4.04. The first-order valence-corrected chi connectivity index (χ1v) is 9.46. The summed E-state index contributed by atoms with van der Waals surface area (Å²) in [5.74, 6) is 0.148. The number of halogens is 1. The van der Waals surface area contributed by atoms with Gasteiger partial charge in [-0.3, -0.25) is 15.0 Å².